The Morgan fingerprint density at radius 3 is 2.53 bits per heavy atom. The lowest BCUT2D eigenvalue weighted by atomic mass is 10.2. The molecule has 5 nitrogen and oxygen atoms in total. The summed E-state index contributed by atoms with van der Waals surface area (Å²) >= 11 is 0. The van der Waals surface area contributed by atoms with Gasteiger partial charge in [0, 0.05) is 7.05 Å². The zero-order chi connectivity index (χ0) is 11.6. The Morgan fingerprint density at radius 2 is 2.07 bits per heavy atom. The van der Waals surface area contributed by atoms with E-state index in [1.54, 1.807) is 18.2 Å². The second-order valence-electron chi connectivity index (χ2n) is 4.40. The Balaban J connectivity index is 2.77. The predicted octanol–water partition coefficient (Wildman–Crippen LogP) is 0.875. The molecule has 0 aromatic heterocycles. The van der Waals surface area contributed by atoms with Gasteiger partial charge in [0.05, 0.1) is 18.9 Å². The summed E-state index contributed by atoms with van der Waals surface area (Å²) in [5.41, 5.74) is 5.59. The van der Waals surface area contributed by atoms with E-state index < -0.39 is 0 Å². The normalized spacial score (nSPS) is 22.2. The lowest BCUT2D eigenvalue weighted by molar-refractivity contribution is -0.113. The molecule has 0 fully saturated rings. The van der Waals surface area contributed by atoms with Gasteiger partial charge in [0.1, 0.15) is 5.82 Å². The van der Waals surface area contributed by atoms with Gasteiger partial charge in [0.25, 0.3) is 0 Å². The van der Waals surface area contributed by atoms with Crippen molar-refractivity contribution in [3.63, 3.8) is 0 Å². The molecule has 1 rings (SSSR count). The van der Waals surface area contributed by atoms with Crippen LogP contribution in [0.25, 0.3) is 0 Å². The number of nitrogens with zero attached hydrogens (tertiary/aromatic N) is 2. The summed E-state index contributed by atoms with van der Waals surface area (Å²) in [6.45, 7) is 5.92. The van der Waals surface area contributed by atoms with Crippen LogP contribution in [0.3, 0.4) is 0 Å². The van der Waals surface area contributed by atoms with Gasteiger partial charge in [-0.2, -0.15) is 0 Å². The molecule has 1 aliphatic heterocycles. The summed E-state index contributed by atoms with van der Waals surface area (Å²) in [5, 5.41) is 0. The van der Waals surface area contributed by atoms with Crippen molar-refractivity contribution in [2.24, 2.45) is 10.7 Å². The van der Waals surface area contributed by atoms with Gasteiger partial charge in [-0.25, -0.2) is 4.99 Å². The van der Waals surface area contributed by atoms with Crippen LogP contribution >= 0.6 is 0 Å². The van der Waals surface area contributed by atoms with Crippen LogP contribution in [0.5, 0.6) is 0 Å². The number of methoxy groups -OCH3 is 1. The number of rotatable bonds is 2. The third-order valence-corrected chi connectivity index (χ3v) is 1.96. The number of aliphatic imine (C=N–C) groups is 1. The monoisotopic (exact) mass is 213 g/mol. The highest BCUT2D eigenvalue weighted by atomic mass is 16.5. The first-order chi connectivity index (χ1) is 6.85. The smallest absolute Gasteiger partial charge is 0.229 e. The highest BCUT2D eigenvalue weighted by Gasteiger charge is 2.26. The van der Waals surface area contributed by atoms with Crippen molar-refractivity contribution in [3.05, 3.63) is 11.6 Å². The first-order valence-corrected chi connectivity index (χ1v) is 4.82. The van der Waals surface area contributed by atoms with Crippen molar-refractivity contribution in [1.82, 2.24) is 4.90 Å². The maximum atomic E-state index is 5.85. The average Bonchev–Trinajstić information content (AvgIpc) is 2.11. The van der Waals surface area contributed by atoms with Crippen LogP contribution in [0.15, 0.2) is 16.6 Å². The fourth-order valence-electron chi connectivity index (χ4n) is 1.17. The lowest BCUT2D eigenvalue weighted by Crippen LogP contribution is -2.42. The van der Waals surface area contributed by atoms with Crippen LogP contribution in [0.2, 0.25) is 0 Å². The molecule has 86 valence electrons. The van der Waals surface area contributed by atoms with Crippen LogP contribution < -0.4 is 5.73 Å². The molecule has 5 heteroatoms. The Labute approximate surface area is 90.6 Å². The summed E-state index contributed by atoms with van der Waals surface area (Å²) in [5.74, 6) is 1.09. The van der Waals surface area contributed by atoms with E-state index in [2.05, 4.69) is 4.99 Å². The molecule has 2 N–H and O–H groups in total. The molecule has 1 aliphatic rings. The second-order valence-corrected chi connectivity index (χ2v) is 4.40. The number of hydrogen-bond donors (Lipinski definition) is 1. The summed E-state index contributed by atoms with van der Waals surface area (Å²) in [4.78, 5) is 5.95. The van der Waals surface area contributed by atoms with E-state index in [0.29, 0.717) is 11.6 Å². The minimum Gasteiger partial charge on any atom is -0.491 e. The quantitative estimate of drug-likeness (QED) is 0.739. The SMILES string of the molecule is COC1=C(N)N(C)C(OC(C)(C)C)N=C1. The number of allylic oxidation sites excluding steroid dienone is 1. The molecule has 0 spiro atoms. The van der Waals surface area contributed by atoms with Crippen molar-refractivity contribution in [1.29, 1.82) is 0 Å². The standard InChI is InChI=1S/C10H19N3O2/c1-10(2,3)15-9-12-6-7(14-5)8(11)13(9)4/h6,9H,11H2,1-5H3. The largest absolute Gasteiger partial charge is 0.491 e. The van der Waals surface area contributed by atoms with Crippen LogP contribution in [0.1, 0.15) is 20.8 Å². The minimum absolute atomic E-state index is 0.263. The third kappa shape index (κ3) is 2.86. The molecule has 1 atom stereocenters. The molecule has 0 aromatic rings. The van der Waals surface area contributed by atoms with Crippen LogP contribution in [0.4, 0.5) is 0 Å². The van der Waals surface area contributed by atoms with Crippen molar-refractivity contribution >= 4 is 6.21 Å². The van der Waals surface area contributed by atoms with Gasteiger partial charge in [-0.1, -0.05) is 0 Å². The van der Waals surface area contributed by atoms with Gasteiger partial charge < -0.3 is 20.1 Å². The van der Waals surface area contributed by atoms with Gasteiger partial charge >= 0.3 is 0 Å². The number of hydrogen-bond acceptors (Lipinski definition) is 5. The molecule has 0 bridgehead atoms. The van der Waals surface area contributed by atoms with Gasteiger partial charge in [-0.05, 0) is 20.8 Å². The van der Waals surface area contributed by atoms with Crippen LogP contribution in [0, 0.1) is 0 Å². The van der Waals surface area contributed by atoms with Crippen molar-refractivity contribution in [2.45, 2.75) is 32.7 Å². The van der Waals surface area contributed by atoms with E-state index in [0.717, 1.165) is 0 Å². The molecule has 15 heavy (non-hydrogen) atoms. The highest BCUT2D eigenvalue weighted by Crippen LogP contribution is 2.19. The maximum absolute atomic E-state index is 5.85. The van der Waals surface area contributed by atoms with E-state index >= 15 is 0 Å². The molecule has 0 radical (unpaired) electrons. The molecule has 0 saturated heterocycles. The first kappa shape index (κ1) is 11.8. The van der Waals surface area contributed by atoms with E-state index in [4.69, 9.17) is 15.2 Å². The van der Waals surface area contributed by atoms with Crippen molar-refractivity contribution < 1.29 is 9.47 Å². The molecule has 1 unspecified atom stereocenters. The Bertz CT molecular complexity index is 292. The fraction of sp³-hybridized carbons (Fsp3) is 0.700. The molecular formula is C10H19N3O2. The van der Waals surface area contributed by atoms with E-state index in [1.807, 2.05) is 27.8 Å². The fourth-order valence-corrected chi connectivity index (χ4v) is 1.17. The predicted molar refractivity (Wildman–Crippen MR) is 59.1 cm³/mol. The molecule has 0 aliphatic carbocycles. The summed E-state index contributed by atoms with van der Waals surface area (Å²) in [7, 11) is 3.38. The minimum atomic E-state index is -0.385. The molecule has 0 aromatic carbocycles. The summed E-state index contributed by atoms with van der Waals surface area (Å²) < 4.78 is 10.8. The molecule has 0 saturated carbocycles. The van der Waals surface area contributed by atoms with Crippen molar-refractivity contribution in [2.75, 3.05) is 14.2 Å². The number of ether oxygens (including phenoxy) is 2. The van der Waals surface area contributed by atoms with Gasteiger partial charge in [-0.15, -0.1) is 0 Å². The zero-order valence-corrected chi connectivity index (χ0v) is 9.94. The van der Waals surface area contributed by atoms with Gasteiger partial charge in [0.15, 0.2) is 5.76 Å². The van der Waals surface area contributed by atoms with E-state index in [1.165, 1.54) is 0 Å². The number of nitrogens with two attached hydrogens (primary N) is 1. The third-order valence-electron chi connectivity index (χ3n) is 1.96. The molecule has 1 heterocycles. The zero-order valence-electron chi connectivity index (χ0n) is 9.94. The first-order valence-electron chi connectivity index (χ1n) is 4.82. The maximum Gasteiger partial charge on any atom is 0.229 e. The van der Waals surface area contributed by atoms with E-state index in [-0.39, 0.29) is 12.0 Å². The Morgan fingerprint density at radius 1 is 1.47 bits per heavy atom. The van der Waals surface area contributed by atoms with Crippen molar-refractivity contribution in [3.8, 4) is 0 Å². The lowest BCUT2D eigenvalue weighted by Gasteiger charge is -2.34. The van der Waals surface area contributed by atoms with E-state index in [9.17, 15) is 0 Å². The van der Waals surface area contributed by atoms with Gasteiger partial charge in [-0.3, -0.25) is 0 Å². The summed E-state index contributed by atoms with van der Waals surface area (Å²) in [6, 6.07) is 0. The Kier molecular flexibility index (Phi) is 3.24. The average molecular weight is 213 g/mol. The molecule has 0 amide bonds. The summed E-state index contributed by atoms with van der Waals surface area (Å²) in [6.07, 6.45) is 1.20. The van der Waals surface area contributed by atoms with Crippen LogP contribution in [-0.4, -0.2) is 37.2 Å². The Hall–Kier alpha value is -1.23. The van der Waals surface area contributed by atoms with Gasteiger partial charge in [0.2, 0.25) is 6.35 Å². The van der Waals surface area contributed by atoms with Crippen LogP contribution in [-0.2, 0) is 9.47 Å². The highest BCUT2D eigenvalue weighted by molar-refractivity contribution is 5.77. The molecular weight excluding hydrogens is 194 g/mol. The topological polar surface area (TPSA) is 60.1 Å². The second kappa shape index (κ2) is 4.10.